The fourth-order valence-electron chi connectivity index (χ4n) is 4.17. The number of likely N-dealkylation sites (tertiary alicyclic amines) is 1. The number of carbonyl (C=O) groups excluding carboxylic acids is 3. The van der Waals surface area contributed by atoms with Gasteiger partial charge in [0.05, 0.1) is 16.8 Å². The fourth-order valence-corrected chi connectivity index (χ4v) is 4.17. The summed E-state index contributed by atoms with van der Waals surface area (Å²) in [6.45, 7) is -0.468. The molecule has 26 heavy (non-hydrogen) atoms. The number of imide groups is 1. The molecule has 0 N–H and O–H groups in total. The van der Waals surface area contributed by atoms with E-state index in [2.05, 4.69) is 0 Å². The number of hydrogen-bond donors (Lipinski definition) is 0. The summed E-state index contributed by atoms with van der Waals surface area (Å²) in [6, 6.07) is 5.62. The van der Waals surface area contributed by atoms with Crippen LogP contribution in [0.5, 0.6) is 0 Å². The third-order valence-electron chi connectivity index (χ3n) is 5.40. The maximum atomic E-state index is 12.5. The van der Waals surface area contributed by atoms with Gasteiger partial charge in [0.2, 0.25) is 11.8 Å². The van der Waals surface area contributed by atoms with Crippen molar-refractivity contribution >= 4 is 23.5 Å². The number of fused-ring (bicyclic) bond motifs is 5. The molecule has 2 aliphatic carbocycles. The van der Waals surface area contributed by atoms with Crippen molar-refractivity contribution in [3.05, 3.63) is 52.1 Å². The van der Waals surface area contributed by atoms with Crippen molar-refractivity contribution in [1.29, 1.82) is 0 Å². The maximum absolute atomic E-state index is 12.5. The minimum absolute atomic E-state index is 0.0527. The molecule has 4 atom stereocenters. The van der Waals surface area contributed by atoms with Gasteiger partial charge in [-0.2, -0.15) is 0 Å². The van der Waals surface area contributed by atoms with E-state index in [1.54, 1.807) is 0 Å². The van der Waals surface area contributed by atoms with Gasteiger partial charge >= 0.3 is 5.97 Å². The Morgan fingerprint density at radius 3 is 2.23 bits per heavy atom. The van der Waals surface area contributed by atoms with Crippen molar-refractivity contribution < 1.29 is 24.0 Å². The zero-order valence-corrected chi connectivity index (χ0v) is 13.7. The maximum Gasteiger partial charge on any atom is 0.326 e. The monoisotopic (exact) mass is 356 g/mol. The highest BCUT2D eigenvalue weighted by Gasteiger charge is 2.59. The summed E-state index contributed by atoms with van der Waals surface area (Å²) < 4.78 is 5.11. The first-order valence-corrected chi connectivity index (χ1v) is 8.38. The van der Waals surface area contributed by atoms with Crippen molar-refractivity contribution in [2.75, 3.05) is 6.54 Å². The largest absolute Gasteiger partial charge is 0.459 e. The molecule has 2 fully saturated rings. The van der Waals surface area contributed by atoms with Crippen molar-refractivity contribution in [3.8, 4) is 0 Å². The molecule has 8 heteroatoms. The highest BCUT2D eigenvalue weighted by Crippen LogP contribution is 2.52. The lowest BCUT2D eigenvalue weighted by Crippen LogP contribution is -2.37. The van der Waals surface area contributed by atoms with Crippen LogP contribution in [0.15, 0.2) is 36.4 Å². The normalized spacial score (nSPS) is 28.5. The predicted molar refractivity (Wildman–Crippen MR) is 87.3 cm³/mol. The highest BCUT2D eigenvalue weighted by atomic mass is 16.6. The average Bonchev–Trinajstić information content (AvgIpc) is 3.30. The summed E-state index contributed by atoms with van der Waals surface area (Å²) in [5, 5.41) is 10.6. The second-order valence-corrected chi connectivity index (χ2v) is 6.85. The van der Waals surface area contributed by atoms with Crippen molar-refractivity contribution in [2.24, 2.45) is 23.7 Å². The van der Waals surface area contributed by atoms with Crippen LogP contribution in [0.2, 0.25) is 0 Å². The lowest BCUT2D eigenvalue weighted by atomic mass is 9.85. The summed E-state index contributed by atoms with van der Waals surface area (Å²) in [5.41, 5.74) is 0.533. The van der Waals surface area contributed by atoms with Gasteiger partial charge in [-0.25, -0.2) is 0 Å². The molecule has 8 nitrogen and oxygen atoms in total. The summed E-state index contributed by atoms with van der Waals surface area (Å²) in [6.07, 6.45) is 4.83. The number of allylic oxidation sites excluding steroid dienone is 2. The molecule has 0 aromatic heterocycles. The number of benzene rings is 1. The Balaban J connectivity index is 1.35. The third-order valence-corrected chi connectivity index (χ3v) is 5.40. The number of nitrogens with zero attached hydrogens (tertiary/aromatic N) is 2. The van der Waals surface area contributed by atoms with Crippen LogP contribution in [0, 0.1) is 33.8 Å². The third kappa shape index (κ3) is 2.58. The molecule has 1 saturated carbocycles. The Hall–Kier alpha value is -3.03. The predicted octanol–water partition coefficient (Wildman–Crippen LogP) is 1.45. The van der Waals surface area contributed by atoms with Crippen LogP contribution >= 0.6 is 0 Å². The Bertz CT molecular complexity index is 801. The van der Waals surface area contributed by atoms with Gasteiger partial charge in [-0.3, -0.25) is 29.4 Å². The van der Waals surface area contributed by atoms with Gasteiger partial charge in [0.15, 0.2) is 0 Å². The summed E-state index contributed by atoms with van der Waals surface area (Å²) >= 11 is 0. The van der Waals surface area contributed by atoms with Crippen LogP contribution in [0.4, 0.5) is 5.69 Å². The molecule has 1 saturated heterocycles. The highest BCUT2D eigenvalue weighted by molar-refractivity contribution is 6.08. The van der Waals surface area contributed by atoms with Gasteiger partial charge < -0.3 is 4.74 Å². The van der Waals surface area contributed by atoms with Gasteiger partial charge in [-0.15, -0.1) is 0 Å². The number of carbonyl (C=O) groups is 3. The van der Waals surface area contributed by atoms with E-state index in [1.807, 2.05) is 12.2 Å². The standard InChI is InChI=1S/C18H16N2O6/c21-14(26-9-10-1-5-13(6-2-10)20(24)25)8-19-17(22)15-11-3-4-12(7-11)16(15)18(19)23/h1-6,11-12,15-16H,7-9H2. The number of nitro groups is 1. The van der Waals surface area contributed by atoms with Crippen LogP contribution in [0.3, 0.4) is 0 Å². The number of ether oxygens (including phenoxy) is 1. The van der Waals surface area contributed by atoms with Crippen LogP contribution in [-0.4, -0.2) is 34.2 Å². The van der Waals surface area contributed by atoms with Gasteiger partial charge in [0, 0.05) is 12.1 Å². The van der Waals surface area contributed by atoms with E-state index in [0.717, 1.165) is 11.3 Å². The van der Waals surface area contributed by atoms with Gasteiger partial charge in [-0.05, 0) is 36.0 Å². The fraction of sp³-hybridized carbons (Fsp3) is 0.389. The molecule has 3 aliphatic rings. The lowest BCUT2D eigenvalue weighted by Gasteiger charge is -2.16. The van der Waals surface area contributed by atoms with E-state index in [4.69, 9.17) is 4.74 Å². The minimum atomic E-state index is -0.676. The zero-order valence-electron chi connectivity index (χ0n) is 13.7. The SMILES string of the molecule is O=C(CN1C(=O)C2C3C=CC(C3)C2C1=O)OCc1ccc([N+](=O)[O-])cc1. The van der Waals surface area contributed by atoms with Gasteiger partial charge in [-0.1, -0.05) is 12.2 Å². The molecular formula is C18H16N2O6. The van der Waals surface area contributed by atoms with Gasteiger partial charge in [0.1, 0.15) is 13.2 Å². The first kappa shape index (κ1) is 16.4. The van der Waals surface area contributed by atoms with E-state index < -0.39 is 17.4 Å². The van der Waals surface area contributed by atoms with E-state index in [9.17, 15) is 24.5 Å². The first-order chi connectivity index (χ1) is 12.5. The number of hydrogen-bond acceptors (Lipinski definition) is 6. The van der Waals surface area contributed by atoms with Crippen LogP contribution < -0.4 is 0 Å². The number of non-ortho nitro benzene ring substituents is 1. The quantitative estimate of drug-likeness (QED) is 0.260. The van der Waals surface area contributed by atoms with Crippen molar-refractivity contribution in [3.63, 3.8) is 0 Å². The molecule has 0 radical (unpaired) electrons. The number of rotatable bonds is 5. The molecule has 1 aliphatic heterocycles. The number of nitro benzene ring substituents is 1. The molecule has 2 amide bonds. The second kappa shape index (κ2) is 6.05. The Morgan fingerprint density at radius 2 is 1.69 bits per heavy atom. The number of esters is 1. The summed E-state index contributed by atoms with van der Waals surface area (Å²) in [5.74, 6) is -1.72. The molecule has 1 aromatic rings. The molecule has 1 aromatic carbocycles. The first-order valence-electron chi connectivity index (χ1n) is 8.38. The topological polar surface area (TPSA) is 107 Å². The Kier molecular flexibility index (Phi) is 3.82. The van der Waals surface area contributed by atoms with E-state index in [0.29, 0.717) is 5.56 Å². The van der Waals surface area contributed by atoms with Crippen LogP contribution in [0.25, 0.3) is 0 Å². The lowest BCUT2D eigenvalue weighted by molar-refractivity contribution is -0.384. The molecule has 4 rings (SSSR count). The summed E-state index contributed by atoms with van der Waals surface area (Å²) in [7, 11) is 0. The number of amides is 2. The molecule has 1 heterocycles. The molecule has 4 unspecified atom stereocenters. The van der Waals surface area contributed by atoms with Gasteiger partial charge in [0.25, 0.3) is 5.69 Å². The summed E-state index contributed by atoms with van der Waals surface area (Å²) in [4.78, 5) is 48.2. The van der Waals surface area contributed by atoms with Crippen molar-refractivity contribution in [2.45, 2.75) is 13.0 Å². The zero-order chi connectivity index (χ0) is 18.4. The average molecular weight is 356 g/mol. The van der Waals surface area contributed by atoms with E-state index >= 15 is 0 Å². The smallest absolute Gasteiger partial charge is 0.326 e. The van der Waals surface area contributed by atoms with Crippen LogP contribution in [-0.2, 0) is 25.7 Å². The van der Waals surface area contributed by atoms with Crippen molar-refractivity contribution in [1.82, 2.24) is 4.90 Å². The molecule has 134 valence electrons. The van der Waals surface area contributed by atoms with E-state index in [-0.39, 0.29) is 47.8 Å². The Labute approximate surface area is 148 Å². The minimum Gasteiger partial charge on any atom is -0.459 e. The van der Waals surface area contributed by atoms with Crippen LogP contribution in [0.1, 0.15) is 12.0 Å². The molecule has 2 bridgehead atoms. The van der Waals surface area contributed by atoms with E-state index in [1.165, 1.54) is 24.3 Å². The Morgan fingerprint density at radius 1 is 1.12 bits per heavy atom. The molecular weight excluding hydrogens is 340 g/mol. The molecule has 0 spiro atoms. The second-order valence-electron chi connectivity index (χ2n) is 6.85.